The van der Waals surface area contributed by atoms with Crippen molar-refractivity contribution in [3.8, 4) is 0 Å². The van der Waals surface area contributed by atoms with Crippen molar-refractivity contribution in [2.24, 2.45) is 0 Å². The van der Waals surface area contributed by atoms with Crippen LogP contribution in [0.3, 0.4) is 0 Å². The van der Waals surface area contributed by atoms with Crippen LogP contribution in [0.1, 0.15) is 57.4 Å². The molecule has 0 saturated carbocycles. The zero-order valence-corrected chi connectivity index (χ0v) is 13.3. The van der Waals surface area contributed by atoms with Gasteiger partial charge in [-0.25, -0.2) is 8.42 Å². The minimum atomic E-state index is -3.29. The molecule has 0 aromatic heterocycles. The van der Waals surface area contributed by atoms with Gasteiger partial charge in [-0.3, -0.25) is 0 Å². The second-order valence-electron chi connectivity index (χ2n) is 5.23. The molecule has 0 radical (unpaired) electrons. The van der Waals surface area contributed by atoms with Gasteiger partial charge in [-0.2, -0.15) is 0 Å². The smallest absolute Gasteiger partial charge is 0.199 e. The second kappa shape index (κ2) is 8.96. The van der Waals surface area contributed by atoms with Gasteiger partial charge in [0.2, 0.25) is 0 Å². The summed E-state index contributed by atoms with van der Waals surface area (Å²) in [7, 11) is -3.29. The van der Waals surface area contributed by atoms with E-state index in [0.29, 0.717) is 4.90 Å². The normalized spacial score (nSPS) is 11.4. The average molecular weight is 294 g/mol. The summed E-state index contributed by atoms with van der Waals surface area (Å²) >= 11 is 0. The molecular formula is C17H26O2S. The van der Waals surface area contributed by atoms with Gasteiger partial charge in [0.1, 0.15) is 0 Å². The maximum absolute atomic E-state index is 11.6. The first-order chi connectivity index (χ1) is 9.60. The van der Waals surface area contributed by atoms with E-state index in [0.717, 1.165) is 11.8 Å². The van der Waals surface area contributed by atoms with E-state index < -0.39 is 9.84 Å². The van der Waals surface area contributed by atoms with Gasteiger partial charge in [0.15, 0.2) is 9.84 Å². The third kappa shape index (κ3) is 5.91. The van der Waals surface area contributed by atoms with E-state index in [1.165, 1.54) is 50.5 Å². The van der Waals surface area contributed by atoms with Crippen LogP contribution < -0.4 is 0 Å². The van der Waals surface area contributed by atoms with Crippen LogP contribution in [0.2, 0.25) is 0 Å². The van der Waals surface area contributed by atoms with Crippen molar-refractivity contribution < 1.29 is 8.42 Å². The Balaban J connectivity index is 2.30. The molecule has 0 amide bonds. The highest BCUT2D eigenvalue weighted by Gasteiger charge is 2.08. The number of hydrogen-bond acceptors (Lipinski definition) is 2. The predicted molar refractivity (Wildman–Crippen MR) is 85.5 cm³/mol. The van der Waals surface area contributed by atoms with Crippen LogP contribution in [0.5, 0.6) is 0 Å². The summed E-state index contributed by atoms with van der Waals surface area (Å²) < 4.78 is 23.2. The molecule has 0 N–H and O–H groups in total. The van der Waals surface area contributed by atoms with E-state index >= 15 is 0 Å². The Bertz CT molecular complexity index is 486. The van der Waals surface area contributed by atoms with Gasteiger partial charge in [0.05, 0.1) is 4.90 Å². The Morgan fingerprint density at radius 1 is 0.950 bits per heavy atom. The number of hydrogen-bond donors (Lipinski definition) is 0. The summed E-state index contributed by atoms with van der Waals surface area (Å²) in [5.74, 6) is 0. The van der Waals surface area contributed by atoms with Crippen LogP contribution in [0, 0.1) is 0 Å². The van der Waals surface area contributed by atoms with Crippen molar-refractivity contribution in [2.45, 2.75) is 63.2 Å². The first-order valence-electron chi connectivity index (χ1n) is 7.56. The molecule has 0 saturated heterocycles. The summed E-state index contributed by atoms with van der Waals surface area (Å²) in [5.41, 5.74) is 1.21. The monoisotopic (exact) mass is 294 g/mol. The largest absolute Gasteiger partial charge is 0.219 e. The minimum absolute atomic E-state index is 0.329. The maximum atomic E-state index is 11.6. The fourth-order valence-corrected chi connectivity index (χ4v) is 2.94. The van der Waals surface area contributed by atoms with Crippen molar-refractivity contribution >= 4 is 9.84 Å². The lowest BCUT2D eigenvalue weighted by Gasteiger charge is -2.04. The summed E-state index contributed by atoms with van der Waals surface area (Å²) in [5, 5.41) is 0.998. The number of sulfone groups is 1. The molecule has 1 aromatic rings. The van der Waals surface area contributed by atoms with Crippen molar-refractivity contribution in [3.63, 3.8) is 0 Å². The molecule has 0 bridgehead atoms. The SMILES string of the molecule is C=CS(=O)(=O)c1ccc(CCCCCCCCC)cc1. The lowest BCUT2D eigenvalue weighted by Crippen LogP contribution is -1.96. The molecule has 0 aliphatic carbocycles. The molecule has 112 valence electrons. The van der Waals surface area contributed by atoms with E-state index in [9.17, 15) is 8.42 Å². The third-order valence-electron chi connectivity index (χ3n) is 3.54. The highest BCUT2D eigenvalue weighted by Crippen LogP contribution is 2.15. The summed E-state index contributed by atoms with van der Waals surface area (Å²) in [6.07, 6.45) is 10.1. The summed E-state index contributed by atoms with van der Waals surface area (Å²) in [6.45, 7) is 5.57. The maximum Gasteiger partial charge on any atom is 0.199 e. The zero-order valence-electron chi connectivity index (χ0n) is 12.5. The number of aryl methyl sites for hydroxylation is 1. The first-order valence-corrected chi connectivity index (χ1v) is 9.11. The van der Waals surface area contributed by atoms with Crippen LogP contribution >= 0.6 is 0 Å². The Morgan fingerprint density at radius 2 is 1.50 bits per heavy atom. The van der Waals surface area contributed by atoms with E-state index in [1.54, 1.807) is 12.1 Å². The van der Waals surface area contributed by atoms with Crippen molar-refractivity contribution in [1.82, 2.24) is 0 Å². The highest BCUT2D eigenvalue weighted by molar-refractivity contribution is 7.94. The van der Waals surface area contributed by atoms with E-state index in [1.807, 2.05) is 12.1 Å². The highest BCUT2D eigenvalue weighted by atomic mass is 32.2. The Kier molecular flexibility index (Phi) is 7.60. The summed E-state index contributed by atoms with van der Waals surface area (Å²) in [4.78, 5) is 0.329. The minimum Gasteiger partial charge on any atom is -0.219 e. The topological polar surface area (TPSA) is 34.1 Å². The molecule has 2 nitrogen and oxygen atoms in total. The quantitative estimate of drug-likeness (QED) is 0.575. The van der Waals surface area contributed by atoms with Crippen molar-refractivity contribution in [2.75, 3.05) is 0 Å². The van der Waals surface area contributed by atoms with E-state index in [2.05, 4.69) is 13.5 Å². The molecule has 0 aliphatic heterocycles. The van der Waals surface area contributed by atoms with Crippen LogP contribution in [-0.2, 0) is 16.3 Å². The molecule has 20 heavy (non-hydrogen) atoms. The summed E-state index contributed by atoms with van der Waals surface area (Å²) in [6, 6.07) is 7.17. The molecule has 0 aliphatic rings. The molecule has 0 atom stereocenters. The molecule has 0 spiro atoms. The molecular weight excluding hydrogens is 268 g/mol. The molecule has 0 unspecified atom stereocenters. The van der Waals surface area contributed by atoms with Gasteiger partial charge in [0.25, 0.3) is 0 Å². The number of rotatable bonds is 10. The van der Waals surface area contributed by atoms with Gasteiger partial charge >= 0.3 is 0 Å². The Morgan fingerprint density at radius 3 is 2.05 bits per heavy atom. The second-order valence-corrected chi connectivity index (χ2v) is 7.12. The van der Waals surface area contributed by atoms with Gasteiger partial charge in [-0.05, 0) is 30.5 Å². The van der Waals surface area contributed by atoms with Crippen molar-refractivity contribution in [1.29, 1.82) is 0 Å². The van der Waals surface area contributed by atoms with Crippen molar-refractivity contribution in [3.05, 3.63) is 41.8 Å². The van der Waals surface area contributed by atoms with Crippen LogP contribution in [0.15, 0.2) is 41.1 Å². The Labute approximate surface area is 123 Å². The predicted octanol–water partition coefficient (Wildman–Crippen LogP) is 4.90. The standard InChI is InChI=1S/C17H26O2S/c1-3-5-6-7-8-9-10-11-16-12-14-17(15-13-16)20(18,19)4-2/h4,12-15H,2-3,5-11H2,1H3. The fourth-order valence-electron chi connectivity index (χ4n) is 2.23. The third-order valence-corrected chi connectivity index (χ3v) is 4.91. The van der Waals surface area contributed by atoms with Gasteiger partial charge in [-0.1, -0.05) is 64.2 Å². The van der Waals surface area contributed by atoms with E-state index in [-0.39, 0.29) is 0 Å². The molecule has 1 aromatic carbocycles. The molecule has 3 heteroatoms. The Hall–Kier alpha value is -1.09. The molecule has 1 rings (SSSR count). The molecule has 0 heterocycles. The van der Waals surface area contributed by atoms with E-state index in [4.69, 9.17) is 0 Å². The van der Waals surface area contributed by atoms with Gasteiger partial charge in [-0.15, -0.1) is 0 Å². The van der Waals surface area contributed by atoms with Crippen LogP contribution in [0.4, 0.5) is 0 Å². The van der Waals surface area contributed by atoms with Gasteiger partial charge < -0.3 is 0 Å². The molecule has 0 fully saturated rings. The van der Waals surface area contributed by atoms with Gasteiger partial charge in [0, 0.05) is 5.41 Å². The fraction of sp³-hybridized carbons (Fsp3) is 0.529. The van der Waals surface area contributed by atoms with Crippen LogP contribution in [0.25, 0.3) is 0 Å². The average Bonchev–Trinajstić information content (AvgIpc) is 2.47. The lowest BCUT2D eigenvalue weighted by atomic mass is 10.0. The van der Waals surface area contributed by atoms with Crippen LogP contribution in [-0.4, -0.2) is 8.42 Å². The lowest BCUT2D eigenvalue weighted by molar-refractivity contribution is 0.589. The first kappa shape index (κ1) is 17.0. The number of benzene rings is 1. The number of unbranched alkanes of at least 4 members (excludes halogenated alkanes) is 6. The zero-order chi connectivity index (χ0) is 14.8.